The van der Waals surface area contributed by atoms with Crippen LogP contribution in [0.4, 0.5) is 5.69 Å². The molecule has 1 aromatic rings. The number of anilines is 1. The summed E-state index contributed by atoms with van der Waals surface area (Å²) in [6.45, 7) is 5.85. The van der Waals surface area contributed by atoms with Gasteiger partial charge in [0.1, 0.15) is 5.69 Å². The van der Waals surface area contributed by atoms with Gasteiger partial charge in [-0.2, -0.15) is 5.10 Å². The molecule has 0 saturated carbocycles. The van der Waals surface area contributed by atoms with Crippen LogP contribution in [0, 0.1) is 5.92 Å². The second-order valence-electron chi connectivity index (χ2n) is 5.00. The Hall–Kier alpha value is -1.52. The molecule has 1 aromatic heterocycles. The number of aryl methyl sites for hydroxylation is 2. The number of likely N-dealkylation sites (tertiary alicyclic amines) is 1. The smallest absolute Gasteiger partial charge is 0.274 e. The van der Waals surface area contributed by atoms with E-state index in [2.05, 4.69) is 12.0 Å². The van der Waals surface area contributed by atoms with Crippen LogP contribution in [-0.4, -0.2) is 33.7 Å². The zero-order valence-electron chi connectivity index (χ0n) is 11.4. The van der Waals surface area contributed by atoms with Gasteiger partial charge in [0.25, 0.3) is 5.91 Å². The highest BCUT2D eigenvalue weighted by atomic mass is 16.2. The normalized spacial score (nSPS) is 19.5. The summed E-state index contributed by atoms with van der Waals surface area (Å²) in [5, 5.41) is 4.30. The molecule has 2 rings (SSSR count). The molecule has 2 N–H and O–H groups in total. The maximum Gasteiger partial charge on any atom is 0.274 e. The SMILES string of the molecule is CCc1nn(C)c(C(=O)N2CCC(CC)C2)c1N. The van der Waals surface area contributed by atoms with E-state index >= 15 is 0 Å². The van der Waals surface area contributed by atoms with E-state index in [1.165, 1.54) is 0 Å². The fourth-order valence-corrected chi connectivity index (χ4v) is 2.61. The van der Waals surface area contributed by atoms with Gasteiger partial charge in [-0.25, -0.2) is 0 Å². The fourth-order valence-electron chi connectivity index (χ4n) is 2.61. The van der Waals surface area contributed by atoms with Crippen LogP contribution in [0.3, 0.4) is 0 Å². The average molecular weight is 250 g/mol. The van der Waals surface area contributed by atoms with Crippen molar-refractivity contribution in [3.63, 3.8) is 0 Å². The van der Waals surface area contributed by atoms with Gasteiger partial charge in [-0.15, -0.1) is 0 Å². The largest absolute Gasteiger partial charge is 0.395 e. The molecule has 2 heterocycles. The first-order valence-corrected chi connectivity index (χ1v) is 6.69. The van der Waals surface area contributed by atoms with Gasteiger partial charge in [0.2, 0.25) is 0 Å². The Labute approximate surface area is 108 Å². The summed E-state index contributed by atoms with van der Waals surface area (Å²) in [5.41, 5.74) is 7.92. The topological polar surface area (TPSA) is 64.2 Å². The van der Waals surface area contributed by atoms with Gasteiger partial charge < -0.3 is 10.6 Å². The van der Waals surface area contributed by atoms with Crippen LogP contribution in [0.5, 0.6) is 0 Å². The second-order valence-corrected chi connectivity index (χ2v) is 5.00. The molecule has 1 unspecified atom stereocenters. The highest BCUT2D eigenvalue weighted by molar-refractivity contribution is 5.98. The third-order valence-corrected chi connectivity index (χ3v) is 3.85. The molecule has 5 nitrogen and oxygen atoms in total. The number of nitrogens with zero attached hydrogens (tertiary/aromatic N) is 3. The summed E-state index contributed by atoms with van der Waals surface area (Å²) < 4.78 is 1.62. The van der Waals surface area contributed by atoms with E-state index in [-0.39, 0.29) is 5.91 Å². The summed E-state index contributed by atoms with van der Waals surface area (Å²) >= 11 is 0. The number of amides is 1. The van der Waals surface area contributed by atoms with Gasteiger partial charge >= 0.3 is 0 Å². The first kappa shape index (κ1) is 12.9. The fraction of sp³-hybridized carbons (Fsp3) is 0.692. The zero-order valence-corrected chi connectivity index (χ0v) is 11.4. The van der Waals surface area contributed by atoms with Gasteiger partial charge in [0.15, 0.2) is 0 Å². The van der Waals surface area contributed by atoms with Crippen LogP contribution in [0.2, 0.25) is 0 Å². The first-order valence-electron chi connectivity index (χ1n) is 6.69. The van der Waals surface area contributed by atoms with Crippen molar-refractivity contribution in [1.82, 2.24) is 14.7 Å². The monoisotopic (exact) mass is 250 g/mol. The van der Waals surface area contributed by atoms with Gasteiger partial charge in [-0.05, 0) is 18.8 Å². The summed E-state index contributed by atoms with van der Waals surface area (Å²) in [5.74, 6) is 0.659. The molecule has 0 radical (unpaired) electrons. The maximum atomic E-state index is 12.5. The van der Waals surface area contributed by atoms with E-state index in [1.807, 2.05) is 11.8 Å². The third kappa shape index (κ3) is 2.09. The lowest BCUT2D eigenvalue weighted by Crippen LogP contribution is -2.30. The van der Waals surface area contributed by atoms with Crippen LogP contribution in [-0.2, 0) is 13.5 Å². The summed E-state index contributed by atoms with van der Waals surface area (Å²) in [4.78, 5) is 14.4. The Morgan fingerprint density at radius 1 is 1.50 bits per heavy atom. The number of carbonyl (C=O) groups is 1. The molecular formula is C13H22N4O. The molecule has 1 fully saturated rings. The Morgan fingerprint density at radius 3 is 2.72 bits per heavy atom. The molecule has 5 heteroatoms. The molecule has 1 saturated heterocycles. The Kier molecular flexibility index (Phi) is 3.59. The standard InChI is InChI=1S/C13H22N4O/c1-4-9-6-7-17(8-9)13(18)12-11(14)10(5-2)15-16(12)3/h9H,4-8,14H2,1-3H3. The first-order chi connectivity index (χ1) is 8.58. The minimum atomic E-state index is 0.0261. The summed E-state index contributed by atoms with van der Waals surface area (Å²) in [7, 11) is 1.79. The molecular weight excluding hydrogens is 228 g/mol. The number of hydrogen-bond acceptors (Lipinski definition) is 3. The lowest BCUT2D eigenvalue weighted by Gasteiger charge is -2.16. The van der Waals surface area contributed by atoms with Crippen molar-refractivity contribution >= 4 is 11.6 Å². The van der Waals surface area contributed by atoms with Crippen LogP contribution in [0.15, 0.2) is 0 Å². The molecule has 0 bridgehead atoms. The molecule has 0 spiro atoms. The van der Waals surface area contributed by atoms with Gasteiger partial charge in [0, 0.05) is 20.1 Å². The molecule has 1 aliphatic rings. The highest BCUT2D eigenvalue weighted by Crippen LogP contribution is 2.24. The van der Waals surface area contributed by atoms with Crippen molar-refractivity contribution in [3.05, 3.63) is 11.4 Å². The predicted octanol–water partition coefficient (Wildman–Crippen LogP) is 1.44. The zero-order chi connectivity index (χ0) is 13.3. The van der Waals surface area contributed by atoms with Crippen LogP contribution in [0.1, 0.15) is 42.9 Å². The van der Waals surface area contributed by atoms with E-state index in [1.54, 1.807) is 11.7 Å². The third-order valence-electron chi connectivity index (χ3n) is 3.85. The van der Waals surface area contributed by atoms with Gasteiger partial charge in [-0.1, -0.05) is 20.3 Å². The van der Waals surface area contributed by atoms with Gasteiger partial charge in [-0.3, -0.25) is 9.48 Å². The van der Waals surface area contributed by atoms with Crippen molar-refractivity contribution in [2.24, 2.45) is 13.0 Å². The van der Waals surface area contributed by atoms with Crippen molar-refractivity contribution in [1.29, 1.82) is 0 Å². The van der Waals surface area contributed by atoms with E-state index in [0.717, 1.165) is 38.0 Å². The van der Waals surface area contributed by atoms with E-state index in [4.69, 9.17) is 5.73 Å². The van der Waals surface area contributed by atoms with Crippen molar-refractivity contribution < 1.29 is 4.79 Å². The lowest BCUT2D eigenvalue weighted by molar-refractivity contribution is 0.0777. The summed E-state index contributed by atoms with van der Waals surface area (Å²) in [6, 6.07) is 0. The van der Waals surface area contributed by atoms with Crippen LogP contribution < -0.4 is 5.73 Å². The molecule has 0 aliphatic carbocycles. The summed E-state index contributed by atoms with van der Waals surface area (Å²) in [6.07, 6.45) is 2.98. The number of hydrogen-bond donors (Lipinski definition) is 1. The second kappa shape index (κ2) is 5.00. The average Bonchev–Trinajstić information content (AvgIpc) is 2.93. The Morgan fingerprint density at radius 2 is 2.22 bits per heavy atom. The van der Waals surface area contributed by atoms with Crippen LogP contribution >= 0.6 is 0 Å². The maximum absolute atomic E-state index is 12.5. The molecule has 1 atom stereocenters. The molecule has 18 heavy (non-hydrogen) atoms. The lowest BCUT2D eigenvalue weighted by atomic mass is 10.1. The number of rotatable bonds is 3. The van der Waals surface area contributed by atoms with E-state index in [9.17, 15) is 4.79 Å². The van der Waals surface area contributed by atoms with Gasteiger partial charge in [0.05, 0.1) is 11.4 Å². The minimum Gasteiger partial charge on any atom is -0.395 e. The van der Waals surface area contributed by atoms with Crippen molar-refractivity contribution in [3.8, 4) is 0 Å². The van der Waals surface area contributed by atoms with Crippen molar-refractivity contribution in [2.75, 3.05) is 18.8 Å². The van der Waals surface area contributed by atoms with E-state index < -0.39 is 0 Å². The molecule has 100 valence electrons. The number of nitrogens with two attached hydrogens (primary N) is 1. The molecule has 1 aliphatic heterocycles. The number of aromatic nitrogens is 2. The predicted molar refractivity (Wildman–Crippen MR) is 71.3 cm³/mol. The minimum absolute atomic E-state index is 0.0261. The quantitative estimate of drug-likeness (QED) is 0.882. The molecule has 0 aromatic carbocycles. The number of carbonyl (C=O) groups excluding carboxylic acids is 1. The Balaban J connectivity index is 2.22. The van der Waals surface area contributed by atoms with Crippen molar-refractivity contribution in [2.45, 2.75) is 33.1 Å². The van der Waals surface area contributed by atoms with Crippen LogP contribution in [0.25, 0.3) is 0 Å². The number of nitrogen functional groups attached to an aromatic ring is 1. The highest BCUT2D eigenvalue weighted by Gasteiger charge is 2.29. The molecule has 1 amide bonds. The Bertz CT molecular complexity index is 452. The van der Waals surface area contributed by atoms with E-state index in [0.29, 0.717) is 17.3 Å².